The Balaban J connectivity index is 1.67. The third-order valence-corrected chi connectivity index (χ3v) is 3.33. The summed E-state index contributed by atoms with van der Waals surface area (Å²) in [6.07, 6.45) is 6.54. The van der Waals surface area contributed by atoms with Crippen molar-refractivity contribution in [1.29, 1.82) is 0 Å². The van der Waals surface area contributed by atoms with Gasteiger partial charge in [0, 0.05) is 0 Å². The molecular weight excluding hydrogens is 180 g/mol. The molecule has 0 spiro atoms. The van der Waals surface area contributed by atoms with Crippen molar-refractivity contribution in [3.63, 3.8) is 0 Å². The van der Waals surface area contributed by atoms with Gasteiger partial charge in [-0.15, -0.1) is 0 Å². The van der Waals surface area contributed by atoms with Crippen LogP contribution in [0.2, 0.25) is 0 Å². The quantitative estimate of drug-likeness (QED) is 0.753. The highest BCUT2D eigenvalue weighted by atomic mass is 16.7. The monoisotopic (exact) mass is 200 g/mol. The summed E-state index contributed by atoms with van der Waals surface area (Å²) in [7, 11) is 0. The summed E-state index contributed by atoms with van der Waals surface area (Å²) in [5.41, 5.74) is 0. The molecule has 0 aromatic carbocycles. The summed E-state index contributed by atoms with van der Waals surface area (Å²) < 4.78 is 10.8. The summed E-state index contributed by atoms with van der Waals surface area (Å²) in [6, 6.07) is 0. The van der Waals surface area contributed by atoms with Crippen molar-refractivity contribution in [2.24, 2.45) is 5.92 Å². The maximum atomic E-state index is 9.76. The minimum absolute atomic E-state index is 0.00382. The van der Waals surface area contributed by atoms with E-state index in [-0.39, 0.29) is 12.4 Å². The van der Waals surface area contributed by atoms with Crippen molar-refractivity contribution >= 4 is 0 Å². The van der Waals surface area contributed by atoms with Crippen LogP contribution < -0.4 is 0 Å². The van der Waals surface area contributed by atoms with Crippen LogP contribution in [0.25, 0.3) is 0 Å². The highest BCUT2D eigenvalue weighted by molar-refractivity contribution is 4.74. The fraction of sp³-hybridized carbons (Fsp3) is 1.00. The van der Waals surface area contributed by atoms with Crippen LogP contribution in [-0.2, 0) is 9.47 Å². The molecule has 2 fully saturated rings. The van der Waals surface area contributed by atoms with Crippen molar-refractivity contribution in [2.75, 3.05) is 13.2 Å². The normalized spacial score (nSPS) is 34.9. The number of ether oxygens (including phenoxy) is 2. The fourth-order valence-corrected chi connectivity index (χ4v) is 2.45. The van der Waals surface area contributed by atoms with Crippen LogP contribution >= 0.6 is 0 Å². The van der Waals surface area contributed by atoms with E-state index in [0.717, 1.165) is 32.5 Å². The largest absolute Gasteiger partial charge is 0.393 e. The molecule has 3 nitrogen and oxygen atoms in total. The van der Waals surface area contributed by atoms with Gasteiger partial charge in [-0.25, -0.2) is 0 Å². The lowest BCUT2D eigenvalue weighted by atomic mass is 9.83. The smallest absolute Gasteiger partial charge is 0.157 e. The standard InChI is InChI=1S/C11H20O3/c12-10-4-2-1-3-9(10)5-6-11-13-7-8-14-11/h9-12H,1-8H2. The van der Waals surface area contributed by atoms with Gasteiger partial charge in [0.2, 0.25) is 0 Å². The topological polar surface area (TPSA) is 38.7 Å². The molecule has 1 saturated heterocycles. The van der Waals surface area contributed by atoms with Gasteiger partial charge in [0.15, 0.2) is 6.29 Å². The molecule has 0 aromatic heterocycles. The molecular formula is C11H20O3. The third-order valence-electron chi connectivity index (χ3n) is 3.33. The van der Waals surface area contributed by atoms with Crippen LogP contribution in [0.3, 0.4) is 0 Å². The second-order valence-electron chi connectivity index (χ2n) is 4.36. The van der Waals surface area contributed by atoms with Gasteiger partial charge in [-0.1, -0.05) is 12.8 Å². The summed E-state index contributed by atoms with van der Waals surface area (Å²) >= 11 is 0. The van der Waals surface area contributed by atoms with E-state index in [9.17, 15) is 5.11 Å². The Labute approximate surface area is 85.4 Å². The Bertz CT molecular complexity index is 166. The highest BCUT2D eigenvalue weighted by Gasteiger charge is 2.25. The van der Waals surface area contributed by atoms with Crippen molar-refractivity contribution in [1.82, 2.24) is 0 Å². The minimum atomic E-state index is -0.0786. The molecule has 0 bridgehead atoms. The summed E-state index contributed by atoms with van der Waals surface area (Å²) in [4.78, 5) is 0. The lowest BCUT2D eigenvalue weighted by Crippen LogP contribution is -2.25. The SMILES string of the molecule is OC1CCCCC1CCC1OCCO1. The maximum Gasteiger partial charge on any atom is 0.157 e. The molecule has 82 valence electrons. The van der Waals surface area contributed by atoms with E-state index >= 15 is 0 Å². The van der Waals surface area contributed by atoms with Gasteiger partial charge in [-0.2, -0.15) is 0 Å². The number of hydrogen-bond acceptors (Lipinski definition) is 3. The van der Waals surface area contributed by atoms with E-state index in [1.165, 1.54) is 19.3 Å². The zero-order valence-electron chi connectivity index (χ0n) is 8.65. The molecule has 0 aromatic rings. The molecule has 0 amide bonds. The molecule has 14 heavy (non-hydrogen) atoms. The maximum absolute atomic E-state index is 9.76. The second-order valence-corrected chi connectivity index (χ2v) is 4.36. The Morgan fingerprint density at radius 2 is 1.71 bits per heavy atom. The van der Waals surface area contributed by atoms with Crippen molar-refractivity contribution in [3.05, 3.63) is 0 Å². The number of rotatable bonds is 3. The highest BCUT2D eigenvalue weighted by Crippen LogP contribution is 2.29. The minimum Gasteiger partial charge on any atom is -0.393 e. The van der Waals surface area contributed by atoms with E-state index in [1.54, 1.807) is 0 Å². The molecule has 2 rings (SSSR count). The van der Waals surface area contributed by atoms with Gasteiger partial charge in [-0.05, 0) is 31.6 Å². The van der Waals surface area contributed by atoms with Crippen molar-refractivity contribution < 1.29 is 14.6 Å². The average molecular weight is 200 g/mol. The van der Waals surface area contributed by atoms with Gasteiger partial charge >= 0.3 is 0 Å². The molecule has 0 radical (unpaired) electrons. The second kappa shape index (κ2) is 5.10. The number of hydrogen-bond donors (Lipinski definition) is 1. The predicted molar refractivity (Wildman–Crippen MR) is 52.9 cm³/mol. The summed E-state index contributed by atoms with van der Waals surface area (Å²) in [5.74, 6) is 0.483. The third kappa shape index (κ3) is 2.69. The lowest BCUT2D eigenvalue weighted by molar-refractivity contribution is -0.0556. The molecule has 2 aliphatic rings. The van der Waals surface area contributed by atoms with Crippen molar-refractivity contribution in [2.45, 2.75) is 50.9 Å². The Morgan fingerprint density at radius 3 is 2.43 bits per heavy atom. The van der Waals surface area contributed by atoms with Gasteiger partial charge < -0.3 is 14.6 Å². The lowest BCUT2D eigenvalue weighted by Gasteiger charge is -2.28. The van der Waals surface area contributed by atoms with Gasteiger partial charge in [-0.3, -0.25) is 0 Å². The van der Waals surface area contributed by atoms with E-state index in [4.69, 9.17) is 9.47 Å². The van der Waals surface area contributed by atoms with Crippen molar-refractivity contribution in [3.8, 4) is 0 Å². The van der Waals surface area contributed by atoms with Crippen LogP contribution in [0.4, 0.5) is 0 Å². The summed E-state index contributed by atoms with van der Waals surface area (Å²) in [5, 5.41) is 9.76. The number of aliphatic hydroxyl groups excluding tert-OH is 1. The first-order valence-electron chi connectivity index (χ1n) is 5.77. The van der Waals surface area contributed by atoms with E-state index in [0.29, 0.717) is 5.92 Å². The Morgan fingerprint density at radius 1 is 1.00 bits per heavy atom. The molecule has 3 heteroatoms. The van der Waals surface area contributed by atoms with Crippen LogP contribution in [0.15, 0.2) is 0 Å². The Hall–Kier alpha value is -0.120. The molecule has 1 aliphatic carbocycles. The molecule has 1 aliphatic heterocycles. The van der Waals surface area contributed by atoms with E-state index < -0.39 is 0 Å². The zero-order chi connectivity index (χ0) is 9.80. The first-order valence-corrected chi connectivity index (χ1v) is 5.77. The molecule has 2 unspecified atom stereocenters. The fourth-order valence-electron chi connectivity index (χ4n) is 2.45. The molecule has 1 N–H and O–H groups in total. The van der Waals surface area contributed by atoms with E-state index in [1.807, 2.05) is 0 Å². The molecule has 2 atom stereocenters. The van der Waals surface area contributed by atoms with Gasteiger partial charge in [0.05, 0.1) is 19.3 Å². The first kappa shape index (κ1) is 10.4. The van der Waals surface area contributed by atoms with Crippen LogP contribution in [0, 0.1) is 5.92 Å². The average Bonchev–Trinajstić information content (AvgIpc) is 2.69. The van der Waals surface area contributed by atoms with Crippen LogP contribution in [0.5, 0.6) is 0 Å². The molecule has 1 heterocycles. The van der Waals surface area contributed by atoms with Gasteiger partial charge in [0.1, 0.15) is 0 Å². The van der Waals surface area contributed by atoms with Crippen LogP contribution in [-0.4, -0.2) is 30.7 Å². The predicted octanol–water partition coefficient (Wildman–Crippen LogP) is 1.69. The van der Waals surface area contributed by atoms with Crippen LogP contribution in [0.1, 0.15) is 38.5 Å². The summed E-state index contributed by atoms with van der Waals surface area (Å²) in [6.45, 7) is 1.47. The number of aliphatic hydroxyl groups is 1. The zero-order valence-corrected chi connectivity index (χ0v) is 8.65. The first-order chi connectivity index (χ1) is 6.86. The van der Waals surface area contributed by atoms with Gasteiger partial charge in [0.25, 0.3) is 0 Å². The molecule has 1 saturated carbocycles. The van der Waals surface area contributed by atoms with E-state index in [2.05, 4.69) is 0 Å². The Kier molecular flexibility index (Phi) is 3.79.